The van der Waals surface area contributed by atoms with Crippen molar-refractivity contribution in [2.45, 2.75) is 6.42 Å². The molecule has 0 atom stereocenters. The molecular weight excluding hydrogens is 250 g/mol. The summed E-state index contributed by atoms with van der Waals surface area (Å²) < 4.78 is 0. The molecule has 1 aliphatic rings. The topological polar surface area (TPSA) is 57.8 Å². The minimum atomic E-state index is 0.00892. The highest BCUT2D eigenvalue weighted by atomic mass is 16.1. The Morgan fingerprint density at radius 2 is 1.95 bits per heavy atom. The number of pyridine rings is 1. The van der Waals surface area contributed by atoms with Gasteiger partial charge < -0.3 is 10.3 Å². The van der Waals surface area contributed by atoms with Crippen LogP contribution in [-0.4, -0.2) is 22.4 Å². The van der Waals surface area contributed by atoms with E-state index < -0.39 is 0 Å². The van der Waals surface area contributed by atoms with Crippen LogP contribution in [0, 0.1) is 0 Å². The van der Waals surface area contributed by atoms with Gasteiger partial charge in [0.2, 0.25) is 0 Å². The Kier molecular flexibility index (Phi) is 2.36. The van der Waals surface area contributed by atoms with Crippen LogP contribution in [0.5, 0.6) is 0 Å². The number of hydrogen-bond donors (Lipinski definition) is 2. The molecule has 4 rings (SSSR count). The second-order valence-electron chi connectivity index (χ2n) is 4.95. The molecule has 0 saturated carbocycles. The molecule has 0 aliphatic carbocycles. The Hall–Kier alpha value is -2.62. The van der Waals surface area contributed by atoms with Crippen molar-refractivity contribution in [3.63, 3.8) is 0 Å². The van der Waals surface area contributed by atoms with Gasteiger partial charge in [-0.05, 0) is 36.2 Å². The number of amides is 1. The largest absolute Gasteiger partial charge is 0.354 e. The standard InChI is InChI=1S/C16H13N3O/c20-16-12-2-1-3-13-14(12)11(6-9-18-16)15(19-13)10-4-7-17-8-5-10/h1-5,7-8,19H,6,9H2,(H,18,20). The van der Waals surface area contributed by atoms with Gasteiger partial charge in [-0.25, -0.2) is 0 Å². The van der Waals surface area contributed by atoms with Crippen LogP contribution < -0.4 is 5.32 Å². The van der Waals surface area contributed by atoms with Crippen molar-refractivity contribution in [2.75, 3.05) is 6.54 Å². The van der Waals surface area contributed by atoms with Gasteiger partial charge in [-0.1, -0.05) is 6.07 Å². The van der Waals surface area contributed by atoms with E-state index in [1.807, 2.05) is 30.3 Å². The average Bonchev–Trinajstić information content (AvgIpc) is 2.78. The van der Waals surface area contributed by atoms with Crippen molar-refractivity contribution in [3.8, 4) is 11.3 Å². The number of aromatic amines is 1. The van der Waals surface area contributed by atoms with Crippen molar-refractivity contribution < 1.29 is 4.79 Å². The zero-order chi connectivity index (χ0) is 13.5. The minimum Gasteiger partial charge on any atom is -0.354 e. The fourth-order valence-corrected chi connectivity index (χ4v) is 2.92. The summed E-state index contributed by atoms with van der Waals surface area (Å²) in [6, 6.07) is 9.80. The van der Waals surface area contributed by atoms with Gasteiger partial charge in [0.05, 0.1) is 0 Å². The second kappa shape index (κ2) is 4.20. The number of carbonyl (C=O) groups is 1. The Balaban J connectivity index is 2.07. The molecule has 2 N–H and O–H groups in total. The molecule has 0 spiro atoms. The maximum Gasteiger partial charge on any atom is 0.251 e. The van der Waals surface area contributed by atoms with E-state index in [1.165, 1.54) is 5.56 Å². The third-order valence-corrected chi connectivity index (χ3v) is 3.80. The van der Waals surface area contributed by atoms with Gasteiger partial charge in [0.15, 0.2) is 0 Å². The van der Waals surface area contributed by atoms with Gasteiger partial charge in [0.25, 0.3) is 5.91 Å². The van der Waals surface area contributed by atoms with E-state index in [-0.39, 0.29) is 5.91 Å². The molecule has 4 nitrogen and oxygen atoms in total. The van der Waals surface area contributed by atoms with Crippen LogP contribution in [0.4, 0.5) is 0 Å². The van der Waals surface area contributed by atoms with Gasteiger partial charge in [-0.2, -0.15) is 0 Å². The summed E-state index contributed by atoms with van der Waals surface area (Å²) in [4.78, 5) is 19.6. The SMILES string of the molecule is O=C1NCCc2c(-c3ccncc3)[nH]c3cccc1c23. The molecule has 0 radical (unpaired) electrons. The lowest BCUT2D eigenvalue weighted by Crippen LogP contribution is -2.23. The number of rotatable bonds is 1. The molecule has 2 aromatic heterocycles. The van der Waals surface area contributed by atoms with Gasteiger partial charge in [0, 0.05) is 46.7 Å². The van der Waals surface area contributed by atoms with Crippen molar-refractivity contribution in [1.29, 1.82) is 0 Å². The number of aromatic nitrogens is 2. The molecule has 98 valence electrons. The fraction of sp³-hybridized carbons (Fsp3) is 0.125. The van der Waals surface area contributed by atoms with Crippen molar-refractivity contribution in [2.24, 2.45) is 0 Å². The summed E-state index contributed by atoms with van der Waals surface area (Å²) >= 11 is 0. The van der Waals surface area contributed by atoms with Crippen LogP contribution in [0.2, 0.25) is 0 Å². The highest BCUT2D eigenvalue weighted by Gasteiger charge is 2.21. The Labute approximate surface area is 115 Å². The minimum absolute atomic E-state index is 0.00892. The lowest BCUT2D eigenvalue weighted by atomic mass is 10.0. The molecule has 0 saturated heterocycles. The van der Waals surface area contributed by atoms with Gasteiger partial charge in [-0.3, -0.25) is 9.78 Å². The first kappa shape index (κ1) is 11.2. The summed E-state index contributed by atoms with van der Waals surface area (Å²) in [5, 5.41) is 4.00. The molecule has 0 bridgehead atoms. The molecule has 3 heterocycles. The first-order valence-corrected chi connectivity index (χ1v) is 6.67. The van der Waals surface area contributed by atoms with Crippen molar-refractivity contribution >= 4 is 16.8 Å². The normalized spacial score (nSPS) is 14.1. The number of hydrogen-bond acceptors (Lipinski definition) is 2. The average molecular weight is 263 g/mol. The predicted molar refractivity (Wildman–Crippen MR) is 77.6 cm³/mol. The van der Waals surface area contributed by atoms with Crippen LogP contribution in [0.25, 0.3) is 22.2 Å². The Bertz CT molecular complexity index is 805. The molecular formula is C16H13N3O. The number of H-pyrrole nitrogens is 1. The number of nitrogens with one attached hydrogen (secondary N) is 2. The predicted octanol–water partition coefficient (Wildman–Crippen LogP) is 2.52. The van der Waals surface area contributed by atoms with Crippen LogP contribution in [0.1, 0.15) is 15.9 Å². The van der Waals surface area contributed by atoms with Crippen molar-refractivity contribution in [3.05, 3.63) is 53.9 Å². The third kappa shape index (κ3) is 1.54. The number of nitrogens with zero attached hydrogens (tertiary/aromatic N) is 1. The summed E-state index contributed by atoms with van der Waals surface area (Å²) in [6.45, 7) is 0.665. The van der Waals surface area contributed by atoms with E-state index in [0.29, 0.717) is 6.54 Å². The monoisotopic (exact) mass is 263 g/mol. The lowest BCUT2D eigenvalue weighted by Gasteiger charge is -2.03. The number of benzene rings is 1. The van der Waals surface area contributed by atoms with Gasteiger partial charge in [0.1, 0.15) is 0 Å². The quantitative estimate of drug-likeness (QED) is 0.708. The summed E-state index contributed by atoms with van der Waals surface area (Å²) in [5.41, 5.74) is 5.17. The van der Waals surface area contributed by atoms with Crippen molar-refractivity contribution in [1.82, 2.24) is 15.3 Å². The summed E-state index contributed by atoms with van der Waals surface area (Å²) in [6.07, 6.45) is 4.41. The fourth-order valence-electron chi connectivity index (χ4n) is 2.92. The van der Waals surface area contributed by atoms with Crippen LogP contribution >= 0.6 is 0 Å². The molecule has 20 heavy (non-hydrogen) atoms. The van der Waals surface area contributed by atoms with Crippen LogP contribution in [0.3, 0.4) is 0 Å². The molecule has 3 aromatic rings. The van der Waals surface area contributed by atoms with E-state index in [1.54, 1.807) is 12.4 Å². The molecule has 1 aromatic carbocycles. The molecule has 0 unspecified atom stereocenters. The van der Waals surface area contributed by atoms with Crippen LogP contribution in [0.15, 0.2) is 42.7 Å². The van der Waals surface area contributed by atoms with Crippen LogP contribution in [-0.2, 0) is 6.42 Å². The first-order valence-electron chi connectivity index (χ1n) is 6.67. The van der Waals surface area contributed by atoms with E-state index in [2.05, 4.69) is 15.3 Å². The molecule has 0 fully saturated rings. The number of carbonyl (C=O) groups excluding carboxylic acids is 1. The van der Waals surface area contributed by atoms with Gasteiger partial charge >= 0.3 is 0 Å². The summed E-state index contributed by atoms with van der Waals surface area (Å²) in [5.74, 6) is 0.00892. The Morgan fingerprint density at radius 1 is 1.10 bits per heavy atom. The highest BCUT2D eigenvalue weighted by Crippen LogP contribution is 2.33. The van der Waals surface area contributed by atoms with Gasteiger partial charge in [-0.15, -0.1) is 0 Å². The molecule has 1 aliphatic heterocycles. The first-order chi connectivity index (χ1) is 9.84. The Morgan fingerprint density at radius 3 is 2.80 bits per heavy atom. The van der Waals surface area contributed by atoms with E-state index in [9.17, 15) is 4.79 Å². The zero-order valence-electron chi connectivity index (χ0n) is 10.8. The van der Waals surface area contributed by atoms with E-state index >= 15 is 0 Å². The smallest absolute Gasteiger partial charge is 0.251 e. The second-order valence-corrected chi connectivity index (χ2v) is 4.95. The maximum absolute atomic E-state index is 12.1. The maximum atomic E-state index is 12.1. The van der Waals surface area contributed by atoms with E-state index in [4.69, 9.17) is 0 Å². The zero-order valence-corrected chi connectivity index (χ0v) is 10.8. The third-order valence-electron chi connectivity index (χ3n) is 3.80. The molecule has 1 amide bonds. The highest BCUT2D eigenvalue weighted by molar-refractivity contribution is 6.10. The molecule has 4 heteroatoms. The van der Waals surface area contributed by atoms with E-state index in [0.717, 1.165) is 34.1 Å². The summed E-state index contributed by atoms with van der Waals surface area (Å²) in [7, 11) is 0. The lowest BCUT2D eigenvalue weighted by molar-refractivity contribution is 0.0957.